The van der Waals surface area contributed by atoms with Crippen molar-refractivity contribution >= 4 is 17.5 Å². The monoisotopic (exact) mass is 374 g/mol. The van der Waals surface area contributed by atoms with Crippen LogP contribution in [0.2, 0.25) is 5.02 Å². The lowest BCUT2D eigenvalue weighted by atomic mass is 9.74. The topological polar surface area (TPSA) is 23.6 Å². The molecule has 0 aromatic heterocycles. The first-order valence-electron chi connectivity index (χ1n) is 10.5. The van der Waals surface area contributed by atoms with Gasteiger partial charge in [-0.1, -0.05) is 49.1 Å². The average molecular weight is 375 g/mol. The number of hydrogen-bond acceptors (Lipinski definition) is 2. The Balaban J connectivity index is 1.36. The van der Waals surface area contributed by atoms with Crippen LogP contribution in [0.3, 0.4) is 0 Å². The molecule has 2 heterocycles. The number of hydrogen-bond donors (Lipinski definition) is 0. The van der Waals surface area contributed by atoms with Gasteiger partial charge in [-0.05, 0) is 55.7 Å². The molecule has 1 aromatic carbocycles. The molecule has 26 heavy (non-hydrogen) atoms. The highest BCUT2D eigenvalue weighted by Gasteiger charge is 2.35. The Labute approximate surface area is 162 Å². The summed E-state index contributed by atoms with van der Waals surface area (Å²) in [6.07, 6.45) is 9.92. The Morgan fingerprint density at radius 3 is 2.62 bits per heavy atom. The van der Waals surface area contributed by atoms with Crippen molar-refractivity contribution in [3.63, 3.8) is 0 Å². The van der Waals surface area contributed by atoms with Crippen LogP contribution in [0.15, 0.2) is 24.3 Å². The maximum Gasteiger partial charge on any atom is 0.222 e. The van der Waals surface area contributed by atoms with Crippen molar-refractivity contribution in [2.45, 2.75) is 64.0 Å². The number of piperidine rings is 1. The maximum absolute atomic E-state index is 12.7. The second kappa shape index (κ2) is 8.31. The van der Waals surface area contributed by atoms with Gasteiger partial charge in [0.15, 0.2) is 0 Å². The van der Waals surface area contributed by atoms with Gasteiger partial charge >= 0.3 is 0 Å². The van der Waals surface area contributed by atoms with Crippen LogP contribution >= 0.6 is 11.6 Å². The van der Waals surface area contributed by atoms with E-state index in [-0.39, 0.29) is 0 Å². The quantitative estimate of drug-likeness (QED) is 0.763. The van der Waals surface area contributed by atoms with Crippen LogP contribution in [0.25, 0.3) is 0 Å². The highest BCUT2D eigenvalue weighted by Crippen LogP contribution is 2.37. The molecule has 1 amide bonds. The zero-order valence-electron chi connectivity index (χ0n) is 15.7. The Kier molecular flexibility index (Phi) is 5.85. The fourth-order valence-electron chi connectivity index (χ4n) is 5.35. The molecule has 0 unspecified atom stereocenters. The minimum Gasteiger partial charge on any atom is -0.338 e. The van der Waals surface area contributed by atoms with Gasteiger partial charge < -0.3 is 9.80 Å². The second-order valence-electron chi connectivity index (χ2n) is 8.48. The first kappa shape index (κ1) is 18.3. The van der Waals surface area contributed by atoms with Crippen LogP contribution in [-0.2, 0) is 11.3 Å². The van der Waals surface area contributed by atoms with Crippen molar-refractivity contribution in [2.75, 3.05) is 19.6 Å². The Morgan fingerprint density at radius 1 is 0.962 bits per heavy atom. The van der Waals surface area contributed by atoms with E-state index in [0.29, 0.717) is 24.9 Å². The van der Waals surface area contributed by atoms with E-state index in [1.807, 2.05) is 29.2 Å². The van der Waals surface area contributed by atoms with Crippen molar-refractivity contribution in [3.8, 4) is 0 Å². The molecule has 3 nitrogen and oxygen atoms in total. The van der Waals surface area contributed by atoms with Crippen molar-refractivity contribution in [2.24, 2.45) is 11.8 Å². The van der Waals surface area contributed by atoms with Gasteiger partial charge in [-0.2, -0.15) is 0 Å². The number of benzene rings is 1. The third-order valence-corrected chi connectivity index (χ3v) is 7.30. The molecule has 1 aromatic rings. The SMILES string of the molecule is O=C1CC[C@@H](N2CC[C@@H]3CCCC[C@H]3C2)CCN1Cc1ccccc1Cl. The van der Waals surface area contributed by atoms with Gasteiger partial charge in [0.2, 0.25) is 5.91 Å². The number of likely N-dealkylation sites (tertiary alicyclic amines) is 2. The highest BCUT2D eigenvalue weighted by atomic mass is 35.5. The van der Waals surface area contributed by atoms with Gasteiger partial charge in [0, 0.05) is 37.1 Å². The lowest BCUT2D eigenvalue weighted by Crippen LogP contribution is -2.47. The first-order chi connectivity index (χ1) is 12.7. The van der Waals surface area contributed by atoms with E-state index < -0.39 is 0 Å². The third-order valence-electron chi connectivity index (χ3n) is 6.93. The van der Waals surface area contributed by atoms with Crippen molar-refractivity contribution < 1.29 is 4.79 Å². The minimum absolute atomic E-state index is 0.292. The van der Waals surface area contributed by atoms with Crippen LogP contribution in [0.5, 0.6) is 0 Å². The van der Waals surface area contributed by atoms with E-state index in [1.165, 1.54) is 45.2 Å². The molecule has 2 saturated heterocycles. The standard InChI is InChI=1S/C22H31ClN2O/c23-21-8-4-3-7-19(21)16-25-14-12-20(9-10-22(25)26)24-13-11-17-5-1-2-6-18(17)15-24/h3-4,7-8,17-18,20H,1-2,5-6,9-16H2/t17-,18-,20+/m0/s1. The molecule has 0 spiro atoms. The van der Waals surface area contributed by atoms with Gasteiger partial charge in [0.05, 0.1) is 0 Å². The summed E-state index contributed by atoms with van der Waals surface area (Å²) in [5.41, 5.74) is 1.06. The van der Waals surface area contributed by atoms with Gasteiger partial charge in [-0.3, -0.25) is 4.79 Å². The van der Waals surface area contributed by atoms with E-state index in [1.54, 1.807) is 0 Å². The molecule has 1 saturated carbocycles. The van der Waals surface area contributed by atoms with E-state index in [2.05, 4.69) is 4.90 Å². The van der Waals surface area contributed by atoms with E-state index in [4.69, 9.17) is 11.6 Å². The van der Waals surface area contributed by atoms with Crippen molar-refractivity contribution in [3.05, 3.63) is 34.9 Å². The van der Waals surface area contributed by atoms with Crippen LogP contribution in [0.4, 0.5) is 0 Å². The molecule has 4 rings (SSSR count). The van der Waals surface area contributed by atoms with Crippen LogP contribution < -0.4 is 0 Å². The van der Waals surface area contributed by atoms with Crippen LogP contribution in [-0.4, -0.2) is 41.4 Å². The molecule has 3 fully saturated rings. The third kappa shape index (κ3) is 4.09. The maximum atomic E-state index is 12.7. The fourth-order valence-corrected chi connectivity index (χ4v) is 5.54. The van der Waals surface area contributed by atoms with E-state index >= 15 is 0 Å². The summed E-state index contributed by atoms with van der Waals surface area (Å²) in [4.78, 5) is 17.4. The Bertz CT molecular complexity index is 634. The van der Waals surface area contributed by atoms with Crippen LogP contribution in [0.1, 0.15) is 56.9 Å². The molecule has 4 heteroatoms. The summed E-state index contributed by atoms with van der Waals surface area (Å²) < 4.78 is 0. The zero-order chi connectivity index (χ0) is 17.9. The predicted octanol–water partition coefficient (Wildman–Crippen LogP) is 4.73. The number of carbonyl (C=O) groups is 1. The van der Waals surface area contributed by atoms with Gasteiger partial charge in [-0.25, -0.2) is 0 Å². The predicted molar refractivity (Wildman–Crippen MR) is 106 cm³/mol. The van der Waals surface area contributed by atoms with E-state index in [9.17, 15) is 4.79 Å². The second-order valence-corrected chi connectivity index (χ2v) is 8.88. The average Bonchev–Trinajstić information content (AvgIpc) is 2.85. The van der Waals surface area contributed by atoms with E-state index in [0.717, 1.165) is 41.8 Å². The Hall–Kier alpha value is -1.06. The van der Waals surface area contributed by atoms with Gasteiger partial charge in [0.1, 0.15) is 0 Å². The number of amides is 1. The molecule has 3 atom stereocenters. The lowest BCUT2D eigenvalue weighted by molar-refractivity contribution is -0.131. The van der Waals surface area contributed by atoms with Gasteiger partial charge in [-0.15, -0.1) is 0 Å². The molecular weight excluding hydrogens is 344 g/mol. The summed E-state index contributed by atoms with van der Waals surface area (Å²) in [6, 6.07) is 8.47. The summed E-state index contributed by atoms with van der Waals surface area (Å²) in [5.74, 6) is 2.18. The highest BCUT2D eigenvalue weighted by molar-refractivity contribution is 6.31. The number of halogens is 1. The molecule has 1 aliphatic carbocycles. The fraction of sp³-hybridized carbons (Fsp3) is 0.682. The molecule has 0 radical (unpaired) electrons. The smallest absolute Gasteiger partial charge is 0.222 e. The normalized spacial score (nSPS) is 30.7. The Morgan fingerprint density at radius 2 is 1.77 bits per heavy atom. The molecule has 142 valence electrons. The van der Waals surface area contributed by atoms with Gasteiger partial charge in [0.25, 0.3) is 0 Å². The molecular formula is C22H31ClN2O. The summed E-state index contributed by atoms with van der Waals surface area (Å²) in [5, 5.41) is 0.764. The molecule has 3 aliphatic rings. The minimum atomic E-state index is 0.292. The molecule has 0 N–H and O–H groups in total. The molecule has 2 aliphatic heterocycles. The molecule has 0 bridgehead atoms. The first-order valence-corrected chi connectivity index (χ1v) is 10.8. The number of carbonyl (C=O) groups excluding carboxylic acids is 1. The zero-order valence-corrected chi connectivity index (χ0v) is 16.5. The van der Waals surface area contributed by atoms with Crippen molar-refractivity contribution in [1.82, 2.24) is 9.80 Å². The summed E-state index contributed by atoms with van der Waals surface area (Å²) >= 11 is 6.30. The summed E-state index contributed by atoms with van der Waals surface area (Å²) in [6.45, 7) is 4.02. The lowest BCUT2D eigenvalue weighted by Gasteiger charge is -2.44. The van der Waals surface area contributed by atoms with Crippen molar-refractivity contribution in [1.29, 1.82) is 0 Å². The van der Waals surface area contributed by atoms with Crippen LogP contribution in [0, 0.1) is 11.8 Å². The number of fused-ring (bicyclic) bond motifs is 1. The number of rotatable bonds is 3. The largest absolute Gasteiger partial charge is 0.338 e. The summed E-state index contributed by atoms with van der Waals surface area (Å²) in [7, 11) is 0. The number of nitrogens with zero attached hydrogens (tertiary/aromatic N) is 2.